The summed E-state index contributed by atoms with van der Waals surface area (Å²) in [7, 11) is 0. The Morgan fingerprint density at radius 1 is 0.509 bits per heavy atom. The molecule has 0 rings (SSSR count). The number of aliphatic hydroxyl groups is 4. The third kappa shape index (κ3) is 37.6. The van der Waals surface area contributed by atoms with Crippen molar-refractivity contribution in [2.75, 3.05) is 13.2 Å². The average Bonchev–Trinajstić information content (AvgIpc) is 3.15. The van der Waals surface area contributed by atoms with Crippen molar-refractivity contribution < 1.29 is 39.5 Å². The Morgan fingerprint density at radius 3 is 1.40 bits per heavy atom. The van der Waals surface area contributed by atoms with Crippen LogP contribution in [0.25, 0.3) is 0 Å². The standard InChI is InChI=1S/C45H78O8/c1-3-5-7-8-9-10-11-12-13-14-15-16-17-18-19-20-21-26-30-36-44(50)52-38-41(47)39-53-45(51)37-31-35-43(49)42(48)34-29-25-23-22-24-28-33-40(46)32-27-6-4-2/h6,22-25,27-29,33-34,40-43,46-49H,3-5,7-21,26,30-32,35-39H2,1-2H3/b24-22+,25-23-,27-6-,33-28+,34-29-/t40-,41-,42+,43+/m1/s1. The van der Waals surface area contributed by atoms with Crippen LogP contribution in [0.5, 0.6) is 0 Å². The van der Waals surface area contributed by atoms with Gasteiger partial charge in [-0.15, -0.1) is 0 Å². The van der Waals surface area contributed by atoms with Crippen molar-refractivity contribution >= 4 is 11.9 Å². The van der Waals surface area contributed by atoms with Gasteiger partial charge in [-0.1, -0.05) is 190 Å². The Morgan fingerprint density at radius 2 is 0.925 bits per heavy atom. The smallest absolute Gasteiger partial charge is 0.305 e. The Kier molecular flexibility index (Phi) is 37.3. The molecule has 0 aliphatic rings. The zero-order valence-electron chi connectivity index (χ0n) is 33.6. The minimum Gasteiger partial charge on any atom is -0.463 e. The molecule has 306 valence electrons. The summed E-state index contributed by atoms with van der Waals surface area (Å²) >= 11 is 0. The highest BCUT2D eigenvalue weighted by Gasteiger charge is 2.15. The van der Waals surface area contributed by atoms with Crippen molar-refractivity contribution in [1.29, 1.82) is 0 Å². The van der Waals surface area contributed by atoms with E-state index in [4.69, 9.17) is 9.47 Å². The summed E-state index contributed by atoms with van der Waals surface area (Å²) in [6.45, 7) is 3.83. The second-order valence-corrected chi connectivity index (χ2v) is 14.3. The Balaban J connectivity index is 3.71. The average molecular weight is 747 g/mol. The number of aliphatic hydroxyl groups excluding tert-OH is 4. The van der Waals surface area contributed by atoms with E-state index in [1.807, 2.05) is 19.1 Å². The van der Waals surface area contributed by atoms with Gasteiger partial charge in [0, 0.05) is 12.8 Å². The van der Waals surface area contributed by atoms with Gasteiger partial charge in [-0.2, -0.15) is 0 Å². The second-order valence-electron chi connectivity index (χ2n) is 14.3. The molecule has 0 amide bonds. The van der Waals surface area contributed by atoms with Crippen LogP contribution in [0, 0.1) is 0 Å². The van der Waals surface area contributed by atoms with E-state index in [2.05, 4.69) is 6.92 Å². The maximum absolute atomic E-state index is 12.0. The molecule has 8 nitrogen and oxygen atoms in total. The summed E-state index contributed by atoms with van der Waals surface area (Å²) in [6, 6.07) is 0. The maximum atomic E-state index is 12.0. The summed E-state index contributed by atoms with van der Waals surface area (Å²) in [5, 5.41) is 40.1. The predicted octanol–water partition coefficient (Wildman–Crippen LogP) is 10.1. The summed E-state index contributed by atoms with van der Waals surface area (Å²) < 4.78 is 10.2. The molecule has 0 fully saturated rings. The summed E-state index contributed by atoms with van der Waals surface area (Å²) in [5.74, 6) is -0.884. The molecule has 0 radical (unpaired) electrons. The Hall–Kier alpha value is -2.52. The van der Waals surface area contributed by atoms with Crippen LogP contribution in [0.15, 0.2) is 60.8 Å². The van der Waals surface area contributed by atoms with E-state index >= 15 is 0 Å². The zero-order chi connectivity index (χ0) is 39.0. The number of carbonyl (C=O) groups is 2. The van der Waals surface area contributed by atoms with Gasteiger partial charge in [0.15, 0.2) is 0 Å². The lowest BCUT2D eigenvalue weighted by atomic mass is 10.0. The predicted molar refractivity (Wildman–Crippen MR) is 218 cm³/mol. The molecule has 0 aromatic carbocycles. The molecule has 53 heavy (non-hydrogen) atoms. The molecule has 4 atom stereocenters. The number of ether oxygens (including phenoxy) is 2. The molecule has 0 aliphatic heterocycles. The van der Waals surface area contributed by atoms with Crippen molar-refractivity contribution in [2.45, 2.75) is 199 Å². The van der Waals surface area contributed by atoms with Gasteiger partial charge in [-0.25, -0.2) is 0 Å². The largest absolute Gasteiger partial charge is 0.463 e. The fourth-order valence-electron chi connectivity index (χ4n) is 5.78. The lowest BCUT2D eigenvalue weighted by molar-refractivity contribution is -0.152. The van der Waals surface area contributed by atoms with Crippen LogP contribution in [-0.4, -0.2) is 70.0 Å². The second kappa shape index (κ2) is 39.2. The van der Waals surface area contributed by atoms with Crippen molar-refractivity contribution in [3.05, 3.63) is 60.8 Å². The summed E-state index contributed by atoms with van der Waals surface area (Å²) in [5.41, 5.74) is 0. The van der Waals surface area contributed by atoms with E-state index in [-0.39, 0.29) is 32.0 Å². The first-order chi connectivity index (χ1) is 25.8. The van der Waals surface area contributed by atoms with Gasteiger partial charge < -0.3 is 29.9 Å². The Labute approximate surface area is 323 Å². The highest BCUT2D eigenvalue weighted by atomic mass is 16.6. The Bertz CT molecular complexity index is 985. The van der Waals surface area contributed by atoms with Gasteiger partial charge >= 0.3 is 11.9 Å². The number of rotatable bonds is 37. The number of unbranched alkanes of at least 4 members (excludes halogenated alkanes) is 18. The highest BCUT2D eigenvalue weighted by molar-refractivity contribution is 5.69. The van der Waals surface area contributed by atoms with Gasteiger partial charge in [-0.3, -0.25) is 9.59 Å². The van der Waals surface area contributed by atoms with Crippen molar-refractivity contribution in [3.63, 3.8) is 0 Å². The topological polar surface area (TPSA) is 134 Å². The van der Waals surface area contributed by atoms with E-state index in [0.717, 1.165) is 25.7 Å². The van der Waals surface area contributed by atoms with Crippen LogP contribution in [0.1, 0.15) is 174 Å². The van der Waals surface area contributed by atoms with Crippen LogP contribution in [-0.2, 0) is 19.1 Å². The van der Waals surface area contributed by atoms with Crippen molar-refractivity contribution in [2.24, 2.45) is 0 Å². The molecular weight excluding hydrogens is 668 g/mol. The fourth-order valence-corrected chi connectivity index (χ4v) is 5.78. The molecule has 4 N–H and O–H groups in total. The van der Waals surface area contributed by atoms with E-state index < -0.39 is 30.4 Å². The van der Waals surface area contributed by atoms with Crippen molar-refractivity contribution in [1.82, 2.24) is 0 Å². The minimum absolute atomic E-state index is 0.0290. The van der Waals surface area contributed by atoms with Crippen LogP contribution in [0.4, 0.5) is 0 Å². The number of hydrogen-bond acceptors (Lipinski definition) is 8. The lowest BCUT2D eigenvalue weighted by Crippen LogP contribution is -2.26. The van der Waals surface area contributed by atoms with Gasteiger partial charge in [0.2, 0.25) is 0 Å². The van der Waals surface area contributed by atoms with Crippen LogP contribution < -0.4 is 0 Å². The van der Waals surface area contributed by atoms with E-state index in [9.17, 15) is 30.0 Å². The van der Waals surface area contributed by atoms with E-state index in [1.165, 1.54) is 109 Å². The van der Waals surface area contributed by atoms with Crippen molar-refractivity contribution in [3.8, 4) is 0 Å². The number of esters is 2. The fraction of sp³-hybridized carbons (Fsp3) is 0.733. The molecule has 0 spiro atoms. The van der Waals surface area contributed by atoms with Crippen LogP contribution >= 0.6 is 0 Å². The zero-order valence-corrected chi connectivity index (χ0v) is 33.6. The maximum Gasteiger partial charge on any atom is 0.305 e. The summed E-state index contributed by atoms with van der Waals surface area (Å²) in [6.07, 6.45) is 40.9. The van der Waals surface area contributed by atoms with E-state index in [1.54, 1.807) is 42.5 Å². The number of allylic oxidation sites excluding steroid dienone is 7. The lowest BCUT2D eigenvalue weighted by Gasteiger charge is -2.14. The molecule has 0 aliphatic carbocycles. The SMILES string of the molecule is CC/C=C\C[C@@H](O)/C=C/C=C/C=C\C=C/[C@H](O)[C@@H](O)CCCC(=O)OC[C@H](O)COC(=O)CCCCCCCCCCCCCCCCCCCCC. The molecule has 8 heteroatoms. The first-order valence-electron chi connectivity index (χ1n) is 21.2. The molecule has 0 aromatic rings. The third-order valence-corrected chi connectivity index (χ3v) is 9.11. The molecule has 0 aromatic heterocycles. The molecular formula is C45H78O8. The first-order valence-corrected chi connectivity index (χ1v) is 21.2. The quantitative estimate of drug-likeness (QED) is 0.0214. The third-order valence-electron chi connectivity index (χ3n) is 9.11. The van der Waals surface area contributed by atoms with Gasteiger partial charge in [0.1, 0.15) is 19.3 Å². The molecule has 0 saturated carbocycles. The van der Waals surface area contributed by atoms with E-state index in [0.29, 0.717) is 19.3 Å². The molecule has 0 bridgehead atoms. The molecule has 0 heterocycles. The monoisotopic (exact) mass is 747 g/mol. The molecule has 0 saturated heterocycles. The van der Waals surface area contributed by atoms with Crippen LogP contribution in [0.3, 0.4) is 0 Å². The normalized spacial score (nSPS) is 14.6. The van der Waals surface area contributed by atoms with Crippen LogP contribution in [0.2, 0.25) is 0 Å². The first kappa shape index (κ1) is 50.5. The molecule has 0 unspecified atom stereocenters. The highest BCUT2D eigenvalue weighted by Crippen LogP contribution is 2.15. The summed E-state index contributed by atoms with van der Waals surface area (Å²) in [4.78, 5) is 24.0. The van der Waals surface area contributed by atoms with Gasteiger partial charge in [-0.05, 0) is 32.1 Å². The minimum atomic E-state index is -1.09. The number of hydrogen-bond donors (Lipinski definition) is 4. The number of carbonyl (C=O) groups excluding carboxylic acids is 2. The van der Waals surface area contributed by atoms with Gasteiger partial charge in [0.05, 0.1) is 18.3 Å². The van der Waals surface area contributed by atoms with Gasteiger partial charge in [0.25, 0.3) is 0 Å².